The van der Waals surface area contributed by atoms with Crippen molar-refractivity contribution in [2.75, 3.05) is 6.61 Å². The molecule has 0 radical (unpaired) electrons. The Balaban J connectivity index is 0.00000256. The van der Waals surface area contributed by atoms with Crippen LogP contribution < -0.4 is 5.73 Å². The van der Waals surface area contributed by atoms with Gasteiger partial charge in [-0.3, -0.25) is 4.79 Å². The van der Waals surface area contributed by atoms with Crippen molar-refractivity contribution in [1.82, 2.24) is 0 Å². The van der Waals surface area contributed by atoms with E-state index in [-0.39, 0.29) is 30.8 Å². The molecule has 0 unspecified atom stereocenters. The maximum Gasteiger partial charge on any atom is 0.307 e. The van der Waals surface area contributed by atoms with Crippen LogP contribution in [0.1, 0.15) is 36.1 Å². The monoisotopic (exact) mass is 257 g/mol. The average Bonchev–Trinajstić information content (AvgIpc) is 2.17. The molecule has 3 nitrogen and oxygen atoms in total. The molecular formula is C13H20ClNO2. The molecule has 0 heterocycles. The first-order chi connectivity index (χ1) is 7.56. The van der Waals surface area contributed by atoms with Crippen LogP contribution in [0.15, 0.2) is 18.2 Å². The summed E-state index contributed by atoms with van der Waals surface area (Å²) in [7, 11) is 0. The highest BCUT2D eigenvalue weighted by Gasteiger charge is 2.15. The lowest BCUT2D eigenvalue weighted by Crippen LogP contribution is -2.19. The first kappa shape index (κ1) is 15.9. The van der Waals surface area contributed by atoms with Gasteiger partial charge in [-0.1, -0.05) is 18.2 Å². The summed E-state index contributed by atoms with van der Waals surface area (Å²) in [6, 6.07) is 5.73. The lowest BCUT2D eigenvalue weighted by Gasteiger charge is -2.16. The molecule has 1 rings (SSSR count). The Morgan fingerprint density at radius 1 is 1.35 bits per heavy atom. The van der Waals surface area contributed by atoms with Crippen LogP contribution in [0.2, 0.25) is 0 Å². The van der Waals surface area contributed by atoms with Gasteiger partial charge in [-0.15, -0.1) is 12.4 Å². The molecule has 1 atom stereocenters. The van der Waals surface area contributed by atoms with Gasteiger partial charge in [0.1, 0.15) is 0 Å². The van der Waals surface area contributed by atoms with Crippen molar-refractivity contribution in [2.45, 2.75) is 33.2 Å². The van der Waals surface area contributed by atoms with Gasteiger partial charge < -0.3 is 10.5 Å². The van der Waals surface area contributed by atoms with Gasteiger partial charge in [0.15, 0.2) is 0 Å². The summed E-state index contributed by atoms with van der Waals surface area (Å²) >= 11 is 0. The molecule has 0 bridgehead atoms. The summed E-state index contributed by atoms with van der Waals surface area (Å²) in [6.07, 6.45) is 0.236. The maximum absolute atomic E-state index is 11.3. The minimum absolute atomic E-state index is 0. The summed E-state index contributed by atoms with van der Waals surface area (Å²) in [6.45, 7) is 6.21. The number of ether oxygens (including phenoxy) is 1. The van der Waals surface area contributed by atoms with Gasteiger partial charge in [0.25, 0.3) is 0 Å². The van der Waals surface area contributed by atoms with E-state index in [1.54, 1.807) is 6.92 Å². The van der Waals surface area contributed by atoms with Crippen LogP contribution in [0, 0.1) is 13.8 Å². The van der Waals surface area contributed by atoms with Crippen molar-refractivity contribution in [1.29, 1.82) is 0 Å². The summed E-state index contributed by atoms with van der Waals surface area (Å²) < 4.78 is 4.89. The molecule has 1 aromatic carbocycles. The highest BCUT2D eigenvalue weighted by molar-refractivity contribution is 5.85. The van der Waals surface area contributed by atoms with Crippen molar-refractivity contribution in [3.63, 3.8) is 0 Å². The molecular weight excluding hydrogens is 238 g/mol. The van der Waals surface area contributed by atoms with Crippen LogP contribution in [-0.4, -0.2) is 12.6 Å². The quantitative estimate of drug-likeness (QED) is 0.844. The number of nitrogens with two attached hydrogens (primary N) is 1. The van der Waals surface area contributed by atoms with Crippen LogP contribution >= 0.6 is 12.4 Å². The largest absolute Gasteiger partial charge is 0.466 e. The Morgan fingerprint density at radius 2 is 1.88 bits per heavy atom. The topological polar surface area (TPSA) is 52.3 Å². The average molecular weight is 258 g/mol. The van der Waals surface area contributed by atoms with E-state index in [2.05, 4.69) is 0 Å². The fourth-order valence-electron chi connectivity index (χ4n) is 1.91. The van der Waals surface area contributed by atoms with Crippen molar-refractivity contribution < 1.29 is 9.53 Å². The molecule has 0 aliphatic heterocycles. The van der Waals surface area contributed by atoms with E-state index in [0.29, 0.717) is 6.61 Å². The SMILES string of the molecule is CCOC(=O)C[C@H](N)c1c(C)cccc1C.Cl. The molecule has 17 heavy (non-hydrogen) atoms. The van der Waals surface area contributed by atoms with Crippen LogP contribution in [0.5, 0.6) is 0 Å². The zero-order chi connectivity index (χ0) is 12.1. The van der Waals surface area contributed by atoms with Crippen molar-refractivity contribution in [3.8, 4) is 0 Å². The predicted octanol–water partition coefficient (Wildman–Crippen LogP) is 2.68. The third kappa shape index (κ3) is 4.36. The van der Waals surface area contributed by atoms with E-state index < -0.39 is 0 Å². The summed E-state index contributed by atoms with van der Waals surface area (Å²) in [4.78, 5) is 11.3. The van der Waals surface area contributed by atoms with Gasteiger partial charge in [-0.25, -0.2) is 0 Å². The molecule has 0 saturated carbocycles. The van der Waals surface area contributed by atoms with E-state index in [1.807, 2.05) is 32.0 Å². The number of hydrogen-bond acceptors (Lipinski definition) is 3. The molecule has 0 aromatic heterocycles. The summed E-state index contributed by atoms with van der Waals surface area (Å²) in [5.74, 6) is -0.238. The van der Waals surface area contributed by atoms with Gasteiger partial charge in [0.05, 0.1) is 13.0 Å². The van der Waals surface area contributed by atoms with Gasteiger partial charge >= 0.3 is 5.97 Å². The van der Waals surface area contributed by atoms with Crippen LogP contribution in [0.25, 0.3) is 0 Å². The number of halogens is 1. The summed E-state index contributed by atoms with van der Waals surface area (Å²) in [5.41, 5.74) is 9.32. The van der Waals surface area contributed by atoms with Gasteiger partial charge in [-0.2, -0.15) is 0 Å². The molecule has 0 spiro atoms. The Kier molecular flexibility index (Phi) is 6.85. The van der Waals surface area contributed by atoms with Gasteiger partial charge in [-0.05, 0) is 37.5 Å². The predicted molar refractivity (Wildman–Crippen MR) is 71.3 cm³/mol. The second-order valence-corrected chi connectivity index (χ2v) is 3.92. The molecule has 96 valence electrons. The molecule has 0 amide bonds. The highest BCUT2D eigenvalue weighted by Crippen LogP contribution is 2.22. The lowest BCUT2D eigenvalue weighted by molar-refractivity contribution is -0.143. The molecule has 0 aliphatic carbocycles. The number of benzene rings is 1. The fraction of sp³-hybridized carbons (Fsp3) is 0.462. The Bertz CT molecular complexity index is 359. The van der Waals surface area contributed by atoms with E-state index in [4.69, 9.17) is 10.5 Å². The number of rotatable bonds is 4. The first-order valence-electron chi connectivity index (χ1n) is 5.53. The molecule has 0 fully saturated rings. The zero-order valence-corrected chi connectivity index (χ0v) is 11.3. The van der Waals surface area contributed by atoms with Crippen molar-refractivity contribution in [3.05, 3.63) is 34.9 Å². The van der Waals surface area contributed by atoms with Crippen LogP contribution in [-0.2, 0) is 9.53 Å². The molecule has 0 aliphatic rings. The van der Waals surface area contributed by atoms with Gasteiger partial charge in [0.2, 0.25) is 0 Å². The van der Waals surface area contributed by atoms with E-state index in [1.165, 1.54) is 0 Å². The Hall–Kier alpha value is -1.06. The number of carbonyl (C=O) groups excluding carboxylic acids is 1. The number of carbonyl (C=O) groups is 1. The second kappa shape index (κ2) is 7.30. The normalized spacial score (nSPS) is 11.5. The third-order valence-electron chi connectivity index (χ3n) is 2.60. The fourth-order valence-corrected chi connectivity index (χ4v) is 1.91. The standard InChI is InChI=1S/C13H19NO2.ClH/c1-4-16-12(15)8-11(14)13-9(2)6-5-7-10(13)3;/h5-7,11H,4,8,14H2,1-3H3;1H/t11-;/m0./s1. The van der Waals surface area contributed by atoms with E-state index in [9.17, 15) is 4.79 Å². The van der Waals surface area contributed by atoms with E-state index >= 15 is 0 Å². The summed E-state index contributed by atoms with van der Waals surface area (Å²) in [5, 5.41) is 0. The van der Waals surface area contributed by atoms with Gasteiger partial charge in [0, 0.05) is 6.04 Å². The Labute approximate surface area is 109 Å². The lowest BCUT2D eigenvalue weighted by atomic mass is 9.95. The first-order valence-corrected chi connectivity index (χ1v) is 5.53. The molecule has 0 saturated heterocycles. The molecule has 1 aromatic rings. The van der Waals surface area contributed by atoms with Crippen LogP contribution in [0.4, 0.5) is 0 Å². The third-order valence-corrected chi connectivity index (χ3v) is 2.60. The Morgan fingerprint density at radius 3 is 2.35 bits per heavy atom. The maximum atomic E-state index is 11.3. The minimum Gasteiger partial charge on any atom is -0.466 e. The molecule has 2 N–H and O–H groups in total. The van der Waals surface area contributed by atoms with Crippen molar-refractivity contribution in [2.24, 2.45) is 5.73 Å². The second-order valence-electron chi connectivity index (χ2n) is 3.92. The number of esters is 1. The highest BCUT2D eigenvalue weighted by atomic mass is 35.5. The van der Waals surface area contributed by atoms with Crippen molar-refractivity contribution >= 4 is 18.4 Å². The minimum atomic E-state index is -0.278. The van der Waals surface area contributed by atoms with E-state index in [0.717, 1.165) is 16.7 Å². The smallest absolute Gasteiger partial charge is 0.307 e. The number of aryl methyl sites for hydroxylation is 2. The molecule has 4 heteroatoms. The zero-order valence-electron chi connectivity index (χ0n) is 10.5. The van der Waals surface area contributed by atoms with Crippen LogP contribution in [0.3, 0.4) is 0 Å². The number of hydrogen-bond donors (Lipinski definition) is 1.